The molecule has 0 spiro atoms. The average Bonchev–Trinajstić information content (AvgIpc) is 2.52. The fraction of sp³-hybridized carbons (Fsp3) is 0. The van der Waals surface area contributed by atoms with Gasteiger partial charge in [0.2, 0.25) is 0 Å². The van der Waals surface area contributed by atoms with Gasteiger partial charge in [-0.1, -0.05) is 15.9 Å². The Morgan fingerprint density at radius 2 is 2.31 bits per heavy atom. The zero-order valence-corrected chi connectivity index (χ0v) is 8.17. The number of fused-ring (bicyclic) bond motifs is 1. The van der Waals surface area contributed by atoms with Gasteiger partial charge in [-0.25, -0.2) is 0 Å². The SMILES string of the molecule is O=COc1cc(Br)cc2[nH]ccc12. The van der Waals surface area contributed by atoms with E-state index in [2.05, 4.69) is 20.9 Å². The van der Waals surface area contributed by atoms with Crippen LogP contribution in [0.5, 0.6) is 5.75 Å². The minimum atomic E-state index is 0.425. The second kappa shape index (κ2) is 3.22. The highest BCUT2D eigenvalue weighted by Gasteiger charge is 2.04. The van der Waals surface area contributed by atoms with Gasteiger partial charge in [0.05, 0.1) is 5.52 Å². The molecule has 0 radical (unpaired) electrons. The molecule has 66 valence electrons. The van der Waals surface area contributed by atoms with Crippen LogP contribution in [0.4, 0.5) is 0 Å². The van der Waals surface area contributed by atoms with Crippen LogP contribution in [0.2, 0.25) is 0 Å². The third-order valence-electron chi connectivity index (χ3n) is 1.77. The maximum atomic E-state index is 10.2. The Balaban J connectivity index is 2.69. The Labute approximate surface area is 82.8 Å². The van der Waals surface area contributed by atoms with Crippen molar-refractivity contribution in [2.24, 2.45) is 0 Å². The lowest BCUT2D eigenvalue weighted by molar-refractivity contribution is -0.120. The number of rotatable bonds is 2. The van der Waals surface area contributed by atoms with Crippen LogP contribution in [0, 0.1) is 0 Å². The van der Waals surface area contributed by atoms with Gasteiger partial charge < -0.3 is 9.72 Å². The van der Waals surface area contributed by atoms with Gasteiger partial charge in [-0.15, -0.1) is 0 Å². The van der Waals surface area contributed by atoms with Crippen molar-refractivity contribution in [3.05, 3.63) is 28.9 Å². The van der Waals surface area contributed by atoms with Crippen molar-refractivity contribution < 1.29 is 9.53 Å². The minimum Gasteiger partial charge on any atom is -0.428 e. The number of aromatic nitrogens is 1. The number of H-pyrrole nitrogens is 1. The second-order valence-corrected chi connectivity index (χ2v) is 3.47. The van der Waals surface area contributed by atoms with E-state index in [0.29, 0.717) is 12.2 Å². The molecule has 1 heterocycles. The maximum absolute atomic E-state index is 10.2. The number of carbonyl (C=O) groups excluding carboxylic acids is 1. The highest BCUT2D eigenvalue weighted by atomic mass is 79.9. The van der Waals surface area contributed by atoms with E-state index in [4.69, 9.17) is 4.74 Å². The molecular weight excluding hydrogens is 234 g/mol. The second-order valence-electron chi connectivity index (χ2n) is 2.56. The standard InChI is InChI=1S/C9H6BrNO2/c10-6-3-8-7(1-2-11-8)9(4-6)13-5-12/h1-5,11H. The summed E-state index contributed by atoms with van der Waals surface area (Å²) in [5.74, 6) is 0.556. The van der Waals surface area contributed by atoms with Crippen LogP contribution in [0.3, 0.4) is 0 Å². The van der Waals surface area contributed by atoms with Gasteiger partial charge >= 0.3 is 0 Å². The van der Waals surface area contributed by atoms with Crippen molar-refractivity contribution >= 4 is 33.3 Å². The molecule has 4 heteroatoms. The predicted octanol–water partition coefficient (Wildman–Crippen LogP) is 2.47. The molecule has 1 aromatic carbocycles. The number of benzene rings is 1. The van der Waals surface area contributed by atoms with Crippen molar-refractivity contribution in [3.63, 3.8) is 0 Å². The lowest BCUT2D eigenvalue weighted by Crippen LogP contribution is -1.88. The van der Waals surface area contributed by atoms with Crippen molar-refractivity contribution in [1.82, 2.24) is 4.98 Å². The van der Waals surface area contributed by atoms with Crippen LogP contribution in [0.1, 0.15) is 0 Å². The number of hydrogen-bond donors (Lipinski definition) is 1. The molecule has 0 amide bonds. The third-order valence-corrected chi connectivity index (χ3v) is 2.23. The molecule has 2 aromatic rings. The zero-order chi connectivity index (χ0) is 9.26. The fourth-order valence-corrected chi connectivity index (χ4v) is 1.69. The first kappa shape index (κ1) is 8.31. The van der Waals surface area contributed by atoms with Gasteiger partial charge in [0, 0.05) is 16.1 Å². The molecule has 1 N–H and O–H groups in total. The molecule has 0 aliphatic carbocycles. The summed E-state index contributed by atoms with van der Waals surface area (Å²) in [7, 11) is 0. The van der Waals surface area contributed by atoms with Gasteiger partial charge in [-0.2, -0.15) is 0 Å². The van der Waals surface area contributed by atoms with E-state index in [1.807, 2.05) is 12.1 Å². The molecule has 13 heavy (non-hydrogen) atoms. The lowest BCUT2D eigenvalue weighted by atomic mass is 10.2. The van der Waals surface area contributed by atoms with E-state index in [0.717, 1.165) is 15.4 Å². The largest absolute Gasteiger partial charge is 0.428 e. The summed E-state index contributed by atoms with van der Waals surface area (Å²) in [6.07, 6.45) is 1.80. The van der Waals surface area contributed by atoms with Gasteiger partial charge in [0.1, 0.15) is 5.75 Å². The monoisotopic (exact) mass is 239 g/mol. The summed E-state index contributed by atoms with van der Waals surface area (Å²) in [5, 5.41) is 0.898. The van der Waals surface area contributed by atoms with Gasteiger partial charge in [-0.05, 0) is 18.2 Å². The molecule has 0 atom stereocenters. The molecule has 0 bridgehead atoms. The van der Waals surface area contributed by atoms with E-state index < -0.39 is 0 Å². The zero-order valence-electron chi connectivity index (χ0n) is 6.58. The summed E-state index contributed by atoms with van der Waals surface area (Å²) in [6, 6.07) is 5.54. The van der Waals surface area contributed by atoms with E-state index in [1.54, 1.807) is 12.3 Å². The molecule has 0 saturated heterocycles. The maximum Gasteiger partial charge on any atom is 0.298 e. The summed E-state index contributed by atoms with van der Waals surface area (Å²) in [6.45, 7) is 0.425. The average molecular weight is 240 g/mol. The number of halogens is 1. The van der Waals surface area contributed by atoms with E-state index in [9.17, 15) is 4.79 Å². The molecule has 0 unspecified atom stereocenters. The van der Waals surface area contributed by atoms with Crippen LogP contribution in [0.15, 0.2) is 28.9 Å². The quantitative estimate of drug-likeness (QED) is 0.819. The lowest BCUT2D eigenvalue weighted by Gasteiger charge is -2.00. The summed E-state index contributed by atoms with van der Waals surface area (Å²) in [5.41, 5.74) is 0.936. The topological polar surface area (TPSA) is 42.1 Å². The van der Waals surface area contributed by atoms with Crippen molar-refractivity contribution in [2.45, 2.75) is 0 Å². The summed E-state index contributed by atoms with van der Waals surface area (Å²) in [4.78, 5) is 13.2. The summed E-state index contributed by atoms with van der Waals surface area (Å²) < 4.78 is 5.70. The Kier molecular flexibility index (Phi) is 2.06. The van der Waals surface area contributed by atoms with Crippen LogP contribution in [0.25, 0.3) is 10.9 Å². The van der Waals surface area contributed by atoms with E-state index in [-0.39, 0.29) is 0 Å². The number of hydrogen-bond acceptors (Lipinski definition) is 2. The van der Waals surface area contributed by atoms with Gasteiger partial charge in [0.15, 0.2) is 0 Å². The molecule has 3 nitrogen and oxygen atoms in total. The molecule has 0 saturated carbocycles. The number of ether oxygens (including phenoxy) is 1. The Hall–Kier alpha value is -1.29. The molecule has 0 fully saturated rings. The highest BCUT2D eigenvalue weighted by molar-refractivity contribution is 9.10. The van der Waals surface area contributed by atoms with Crippen LogP contribution < -0.4 is 4.74 Å². The van der Waals surface area contributed by atoms with Gasteiger partial charge in [0.25, 0.3) is 6.47 Å². The first-order chi connectivity index (χ1) is 6.31. The molecular formula is C9H6BrNO2. The van der Waals surface area contributed by atoms with Crippen LogP contribution in [-0.4, -0.2) is 11.5 Å². The van der Waals surface area contributed by atoms with E-state index in [1.165, 1.54) is 0 Å². The molecule has 0 aliphatic heterocycles. The number of aromatic amines is 1. The normalized spacial score (nSPS) is 10.2. The molecule has 1 aromatic heterocycles. The number of carbonyl (C=O) groups is 1. The first-order valence-electron chi connectivity index (χ1n) is 3.68. The molecule has 2 rings (SSSR count). The first-order valence-corrected chi connectivity index (χ1v) is 4.47. The van der Waals surface area contributed by atoms with Crippen molar-refractivity contribution in [1.29, 1.82) is 0 Å². The summed E-state index contributed by atoms with van der Waals surface area (Å²) >= 11 is 3.32. The predicted molar refractivity (Wildman–Crippen MR) is 52.7 cm³/mol. The Morgan fingerprint density at radius 1 is 1.46 bits per heavy atom. The third kappa shape index (κ3) is 1.45. The minimum absolute atomic E-state index is 0.425. The van der Waals surface area contributed by atoms with Crippen LogP contribution in [-0.2, 0) is 4.79 Å². The Morgan fingerprint density at radius 3 is 3.08 bits per heavy atom. The fourth-order valence-electron chi connectivity index (χ4n) is 1.25. The smallest absolute Gasteiger partial charge is 0.298 e. The van der Waals surface area contributed by atoms with Crippen molar-refractivity contribution in [2.75, 3.05) is 0 Å². The molecule has 0 aliphatic rings. The highest BCUT2D eigenvalue weighted by Crippen LogP contribution is 2.28. The van der Waals surface area contributed by atoms with Crippen molar-refractivity contribution in [3.8, 4) is 5.75 Å². The van der Waals surface area contributed by atoms with E-state index >= 15 is 0 Å². The Bertz CT molecular complexity index is 450. The number of nitrogens with one attached hydrogen (secondary N) is 1. The van der Waals surface area contributed by atoms with Crippen LogP contribution >= 0.6 is 15.9 Å². The van der Waals surface area contributed by atoms with Gasteiger partial charge in [-0.3, -0.25) is 4.79 Å².